The van der Waals surface area contributed by atoms with Gasteiger partial charge in [0.05, 0.1) is 18.2 Å². The van der Waals surface area contributed by atoms with Crippen LogP contribution in [-0.4, -0.2) is 21.3 Å². The lowest BCUT2D eigenvalue weighted by molar-refractivity contribution is 0.290. The lowest BCUT2D eigenvalue weighted by Crippen LogP contribution is -2.20. The second-order valence-corrected chi connectivity index (χ2v) is 4.62. The fourth-order valence-electron chi connectivity index (χ4n) is 2.03. The average Bonchev–Trinajstić information content (AvgIpc) is 2.97. The molecule has 2 aromatic heterocycles. The zero-order valence-corrected chi connectivity index (χ0v) is 12.0. The van der Waals surface area contributed by atoms with E-state index in [0.29, 0.717) is 22.8 Å². The third-order valence-corrected chi connectivity index (χ3v) is 3.15. The summed E-state index contributed by atoms with van der Waals surface area (Å²) in [5.41, 5.74) is 1.11. The fourth-order valence-corrected chi connectivity index (χ4v) is 2.03. The molecule has 0 fully saturated rings. The summed E-state index contributed by atoms with van der Waals surface area (Å²) in [4.78, 5) is 15.9. The first-order valence-corrected chi connectivity index (χ1v) is 6.89. The number of hydrogen-bond acceptors (Lipinski definition) is 6. The molecule has 0 unspecified atom stereocenters. The Balaban J connectivity index is 1.70. The van der Waals surface area contributed by atoms with Gasteiger partial charge in [-0.3, -0.25) is 14.1 Å². The zero-order chi connectivity index (χ0) is 16.1. The molecular weight excluding hydrogens is 296 g/mol. The molecule has 7 nitrogen and oxygen atoms in total. The number of aromatic nitrogens is 3. The number of hydrogen-bond donors (Lipinski definition) is 0. The van der Waals surface area contributed by atoms with Gasteiger partial charge in [-0.2, -0.15) is 5.26 Å². The van der Waals surface area contributed by atoms with E-state index < -0.39 is 5.76 Å². The Morgan fingerprint density at radius 2 is 2.04 bits per heavy atom. The topological polar surface area (TPSA) is 93.9 Å². The molecule has 0 atom stereocenters. The molecule has 0 spiro atoms. The fraction of sp³-hybridized carbons (Fsp3) is 0.125. The van der Waals surface area contributed by atoms with Crippen LogP contribution in [0.1, 0.15) is 5.56 Å². The van der Waals surface area contributed by atoms with Crippen LogP contribution in [0.3, 0.4) is 0 Å². The average molecular weight is 308 g/mol. The standard InChI is InChI=1S/C16H12N4O3/c17-11-12-4-6-13(7-5-12)22-10-9-20-15(19-23-16(20)21)14-3-1-2-8-18-14/h1-8H,9-10H2. The Kier molecular flexibility index (Phi) is 4.16. The Hall–Kier alpha value is -3.40. The predicted molar refractivity (Wildman–Crippen MR) is 80.6 cm³/mol. The van der Waals surface area contributed by atoms with Gasteiger partial charge >= 0.3 is 5.76 Å². The van der Waals surface area contributed by atoms with Crippen LogP contribution >= 0.6 is 0 Å². The van der Waals surface area contributed by atoms with Gasteiger partial charge in [0.15, 0.2) is 0 Å². The van der Waals surface area contributed by atoms with Gasteiger partial charge in [-0.05, 0) is 36.4 Å². The minimum atomic E-state index is -0.561. The molecule has 1 aromatic carbocycles. The molecule has 7 heteroatoms. The van der Waals surface area contributed by atoms with Gasteiger partial charge in [0.25, 0.3) is 0 Å². The van der Waals surface area contributed by atoms with E-state index in [0.717, 1.165) is 0 Å². The molecule has 0 aliphatic carbocycles. The Morgan fingerprint density at radius 1 is 1.22 bits per heavy atom. The molecule has 0 saturated heterocycles. The number of rotatable bonds is 5. The molecule has 2 heterocycles. The number of nitrogens with zero attached hydrogens (tertiary/aromatic N) is 4. The van der Waals surface area contributed by atoms with E-state index in [1.54, 1.807) is 48.7 Å². The number of pyridine rings is 1. The molecule has 0 amide bonds. The molecule has 0 bridgehead atoms. The zero-order valence-electron chi connectivity index (χ0n) is 12.0. The summed E-state index contributed by atoms with van der Waals surface area (Å²) in [6.45, 7) is 0.529. The number of benzene rings is 1. The largest absolute Gasteiger partial charge is 0.492 e. The molecule has 3 rings (SSSR count). The van der Waals surface area contributed by atoms with Crippen molar-refractivity contribution >= 4 is 0 Å². The summed E-state index contributed by atoms with van der Waals surface area (Å²) < 4.78 is 11.6. The predicted octanol–water partition coefficient (Wildman–Crippen LogP) is 1.85. The Labute approximate surface area is 131 Å². The van der Waals surface area contributed by atoms with Gasteiger partial charge in [-0.1, -0.05) is 11.2 Å². The highest BCUT2D eigenvalue weighted by Gasteiger charge is 2.13. The normalized spacial score (nSPS) is 10.2. The van der Waals surface area contributed by atoms with E-state index in [-0.39, 0.29) is 13.2 Å². The van der Waals surface area contributed by atoms with Crippen LogP contribution in [0.4, 0.5) is 0 Å². The van der Waals surface area contributed by atoms with Crippen LogP contribution < -0.4 is 10.5 Å². The minimum absolute atomic E-state index is 0.257. The number of ether oxygens (including phenoxy) is 1. The van der Waals surface area contributed by atoms with Crippen molar-refractivity contribution in [3.63, 3.8) is 0 Å². The van der Waals surface area contributed by atoms with E-state index in [2.05, 4.69) is 10.1 Å². The molecule has 3 aromatic rings. The maximum atomic E-state index is 11.8. The van der Waals surface area contributed by atoms with Gasteiger partial charge < -0.3 is 4.74 Å². The van der Waals surface area contributed by atoms with Crippen LogP contribution in [0.2, 0.25) is 0 Å². The second kappa shape index (κ2) is 6.58. The van der Waals surface area contributed by atoms with Crippen LogP contribution in [0.5, 0.6) is 5.75 Å². The summed E-state index contributed by atoms with van der Waals surface area (Å²) in [6, 6.07) is 14.1. The highest BCUT2D eigenvalue weighted by Crippen LogP contribution is 2.13. The lowest BCUT2D eigenvalue weighted by Gasteiger charge is -2.07. The van der Waals surface area contributed by atoms with Crippen LogP contribution in [0.15, 0.2) is 58.0 Å². The molecule has 114 valence electrons. The quantitative estimate of drug-likeness (QED) is 0.714. The van der Waals surface area contributed by atoms with Gasteiger partial charge in [0.2, 0.25) is 5.82 Å². The highest BCUT2D eigenvalue weighted by atomic mass is 16.5. The first kappa shape index (κ1) is 14.5. The lowest BCUT2D eigenvalue weighted by atomic mass is 10.2. The van der Waals surface area contributed by atoms with Gasteiger partial charge in [-0.15, -0.1) is 0 Å². The summed E-state index contributed by atoms with van der Waals surface area (Å²) in [7, 11) is 0. The van der Waals surface area contributed by atoms with Crippen LogP contribution in [0, 0.1) is 11.3 Å². The maximum Gasteiger partial charge on any atom is 0.442 e. The summed E-state index contributed by atoms with van der Waals surface area (Å²) in [5, 5.41) is 12.5. The van der Waals surface area contributed by atoms with Gasteiger partial charge in [-0.25, -0.2) is 4.79 Å². The summed E-state index contributed by atoms with van der Waals surface area (Å²) >= 11 is 0. The van der Waals surface area contributed by atoms with Gasteiger partial charge in [0, 0.05) is 6.20 Å². The molecular formula is C16H12N4O3. The smallest absolute Gasteiger partial charge is 0.442 e. The SMILES string of the molecule is N#Cc1ccc(OCCn2c(-c3ccccn3)noc2=O)cc1. The molecule has 0 N–H and O–H groups in total. The van der Waals surface area contributed by atoms with E-state index in [9.17, 15) is 4.79 Å². The summed E-state index contributed by atoms with van der Waals surface area (Å²) in [6.07, 6.45) is 1.62. The van der Waals surface area contributed by atoms with E-state index in [4.69, 9.17) is 14.5 Å². The van der Waals surface area contributed by atoms with Crippen molar-refractivity contribution in [3.8, 4) is 23.3 Å². The van der Waals surface area contributed by atoms with Crippen molar-refractivity contribution < 1.29 is 9.26 Å². The van der Waals surface area contributed by atoms with Crippen molar-refractivity contribution in [2.45, 2.75) is 6.54 Å². The Bertz CT molecular complexity index is 876. The van der Waals surface area contributed by atoms with E-state index in [1.807, 2.05) is 6.07 Å². The third-order valence-electron chi connectivity index (χ3n) is 3.15. The molecule has 0 aliphatic rings. The van der Waals surface area contributed by atoms with Crippen LogP contribution in [0.25, 0.3) is 11.5 Å². The minimum Gasteiger partial charge on any atom is -0.492 e. The first-order chi connectivity index (χ1) is 11.3. The van der Waals surface area contributed by atoms with Crippen molar-refractivity contribution in [1.82, 2.24) is 14.7 Å². The second-order valence-electron chi connectivity index (χ2n) is 4.62. The van der Waals surface area contributed by atoms with Crippen molar-refractivity contribution in [2.75, 3.05) is 6.61 Å². The monoisotopic (exact) mass is 308 g/mol. The third kappa shape index (κ3) is 3.27. The van der Waals surface area contributed by atoms with E-state index in [1.165, 1.54) is 4.57 Å². The molecule has 23 heavy (non-hydrogen) atoms. The first-order valence-electron chi connectivity index (χ1n) is 6.89. The van der Waals surface area contributed by atoms with Crippen molar-refractivity contribution in [3.05, 3.63) is 64.8 Å². The van der Waals surface area contributed by atoms with E-state index >= 15 is 0 Å². The summed E-state index contributed by atoms with van der Waals surface area (Å²) in [5.74, 6) is 0.418. The van der Waals surface area contributed by atoms with Crippen molar-refractivity contribution in [2.24, 2.45) is 0 Å². The van der Waals surface area contributed by atoms with Crippen LogP contribution in [-0.2, 0) is 6.54 Å². The highest BCUT2D eigenvalue weighted by molar-refractivity contribution is 5.47. The number of nitriles is 1. The maximum absolute atomic E-state index is 11.8. The molecule has 0 aliphatic heterocycles. The molecule has 0 radical (unpaired) electrons. The van der Waals surface area contributed by atoms with Gasteiger partial charge in [0.1, 0.15) is 18.1 Å². The van der Waals surface area contributed by atoms with Crippen molar-refractivity contribution in [1.29, 1.82) is 5.26 Å². The Morgan fingerprint density at radius 3 is 2.74 bits per heavy atom. The molecule has 0 saturated carbocycles.